The molecular weight excluding hydrogens is 418 g/mol. The molecule has 0 radical (unpaired) electrons. The molecule has 3 aromatic rings. The van der Waals surface area contributed by atoms with Crippen LogP contribution >= 0.6 is 11.3 Å². The first-order valence-corrected chi connectivity index (χ1v) is 10.4. The second-order valence-electron chi connectivity index (χ2n) is 6.87. The van der Waals surface area contributed by atoms with Crippen molar-refractivity contribution in [3.63, 3.8) is 0 Å². The minimum absolute atomic E-state index is 0.110. The van der Waals surface area contributed by atoms with Gasteiger partial charge in [-0.25, -0.2) is 4.98 Å². The highest BCUT2D eigenvalue weighted by molar-refractivity contribution is 7.14. The fourth-order valence-corrected chi connectivity index (χ4v) is 4.08. The molecule has 1 aliphatic rings. The van der Waals surface area contributed by atoms with Gasteiger partial charge in [-0.1, -0.05) is 6.07 Å². The lowest BCUT2D eigenvalue weighted by Crippen LogP contribution is -2.41. The van der Waals surface area contributed by atoms with Crippen molar-refractivity contribution in [2.24, 2.45) is 0 Å². The van der Waals surface area contributed by atoms with Crippen LogP contribution in [-0.4, -0.2) is 44.2 Å². The van der Waals surface area contributed by atoms with Crippen LogP contribution in [0.2, 0.25) is 0 Å². The third kappa shape index (κ3) is 3.79. The predicted octanol–water partition coefficient (Wildman–Crippen LogP) is 3.82. The van der Waals surface area contributed by atoms with Crippen LogP contribution in [0.25, 0.3) is 11.3 Å². The smallest absolute Gasteiger partial charge is 0.267 e. The van der Waals surface area contributed by atoms with E-state index in [0.29, 0.717) is 39.3 Å². The van der Waals surface area contributed by atoms with E-state index in [2.05, 4.69) is 10.3 Å². The maximum atomic E-state index is 12.9. The summed E-state index contributed by atoms with van der Waals surface area (Å²) in [6.45, 7) is 1.72. The van der Waals surface area contributed by atoms with Crippen LogP contribution in [0.15, 0.2) is 41.8 Å². The van der Waals surface area contributed by atoms with Crippen LogP contribution in [-0.2, 0) is 4.79 Å². The second kappa shape index (κ2) is 8.27. The van der Waals surface area contributed by atoms with Gasteiger partial charge in [0.2, 0.25) is 0 Å². The Bertz CT molecular complexity index is 1140. The molecule has 2 amide bonds. The molecule has 1 unspecified atom stereocenters. The van der Waals surface area contributed by atoms with Gasteiger partial charge in [0, 0.05) is 18.0 Å². The van der Waals surface area contributed by atoms with E-state index in [0.717, 1.165) is 5.56 Å². The second-order valence-corrected chi connectivity index (χ2v) is 7.73. The number of likely N-dealkylation sites (N-methyl/N-ethyl adjacent to an activating group) is 1. The number of nitrogens with one attached hydrogen (secondary N) is 1. The molecule has 1 N–H and O–H groups in total. The van der Waals surface area contributed by atoms with Crippen LogP contribution < -0.4 is 24.4 Å². The van der Waals surface area contributed by atoms with E-state index in [1.807, 2.05) is 23.6 Å². The maximum absolute atomic E-state index is 12.9. The Hall–Kier alpha value is -3.59. The molecule has 0 bridgehead atoms. The maximum Gasteiger partial charge on any atom is 0.267 e. The Morgan fingerprint density at radius 2 is 1.90 bits per heavy atom. The first-order valence-electron chi connectivity index (χ1n) is 9.49. The molecule has 160 valence electrons. The molecule has 2 heterocycles. The highest BCUT2D eigenvalue weighted by Crippen LogP contribution is 2.37. The van der Waals surface area contributed by atoms with E-state index < -0.39 is 6.10 Å². The lowest BCUT2D eigenvalue weighted by Gasteiger charge is -2.30. The summed E-state index contributed by atoms with van der Waals surface area (Å²) >= 11 is 1.30. The number of fused-ring (bicyclic) bond motifs is 1. The normalized spacial score (nSPS) is 15.2. The number of amides is 2. The summed E-state index contributed by atoms with van der Waals surface area (Å²) in [6, 6.07) is 10.7. The zero-order chi connectivity index (χ0) is 22.1. The summed E-state index contributed by atoms with van der Waals surface area (Å²) in [5.41, 5.74) is 2.46. The van der Waals surface area contributed by atoms with Crippen molar-refractivity contribution in [2.45, 2.75) is 13.0 Å². The molecule has 31 heavy (non-hydrogen) atoms. The topological polar surface area (TPSA) is 90.0 Å². The molecule has 1 aromatic heterocycles. The van der Waals surface area contributed by atoms with Gasteiger partial charge in [0.1, 0.15) is 22.8 Å². The van der Waals surface area contributed by atoms with Gasteiger partial charge in [0.05, 0.1) is 25.6 Å². The number of nitrogens with zero attached hydrogens (tertiary/aromatic N) is 2. The molecule has 0 saturated heterocycles. The Labute approximate surface area is 183 Å². The molecule has 4 rings (SSSR count). The number of aromatic nitrogens is 1. The fourth-order valence-electron chi connectivity index (χ4n) is 3.37. The molecule has 8 nitrogen and oxygen atoms in total. The monoisotopic (exact) mass is 439 g/mol. The number of carbonyl (C=O) groups excluding carboxylic acids is 2. The number of methoxy groups -OCH3 is 2. The summed E-state index contributed by atoms with van der Waals surface area (Å²) in [5.74, 6) is 0.968. The molecule has 0 fully saturated rings. The molecule has 0 saturated carbocycles. The minimum Gasteiger partial charge on any atom is -0.496 e. The van der Waals surface area contributed by atoms with E-state index >= 15 is 0 Å². The molecule has 0 spiro atoms. The van der Waals surface area contributed by atoms with Gasteiger partial charge in [-0.15, -0.1) is 11.3 Å². The number of hydrogen-bond donors (Lipinski definition) is 1. The van der Waals surface area contributed by atoms with Gasteiger partial charge in [-0.3, -0.25) is 14.9 Å². The Morgan fingerprint density at radius 1 is 1.19 bits per heavy atom. The summed E-state index contributed by atoms with van der Waals surface area (Å²) in [5, 5.41) is 5.07. The van der Waals surface area contributed by atoms with E-state index in [-0.39, 0.29) is 11.8 Å². The highest BCUT2D eigenvalue weighted by atomic mass is 32.1. The van der Waals surface area contributed by atoms with Crippen molar-refractivity contribution in [3.05, 3.63) is 47.3 Å². The van der Waals surface area contributed by atoms with Gasteiger partial charge in [0.15, 0.2) is 11.2 Å². The first kappa shape index (κ1) is 20.7. The van der Waals surface area contributed by atoms with Crippen LogP contribution in [0.5, 0.6) is 17.2 Å². The third-order valence-electron chi connectivity index (χ3n) is 4.98. The van der Waals surface area contributed by atoms with Crippen molar-refractivity contribution < 1.29 is 23.8 Å². The number of thiazole rings is 1. The van der Waals surface area contributed by atoms with Gasteiger partial charge in [-0.05, 0) is 37.3 Å². The van der Waals surface area contributed by atoms with E-state index in [1.165, 1.54) is 25.6 Å². The van der Waals surface area contributed by atoms with Gasteiger partial charge in [-0.2, -0.15) is 0 Å². The van der Waals surface area contributed by atoms with Crippen LogP contribution in [0, 0.1) is 0 Å². The van der Waals surface area contributed by atoms with Crippen molar-refractivity contribution in [1.82, 2.24) is 4.98 Å². The zero-order valence-corrected chi connectivity index (χ0v) is 18.3. The fraction of sp³-hybridized carbons (Fsp3) is 0.227. The summed E-state index contributed by atoms with van der Waals surface area (Å²) < 4.78 is 16.3. The third-order valence-corrected chi connectivity index (χ3v) is 5.74. The van der Waals surface area contributed by atoms with Crippen molar-refractivity contribution in [3.8, 4) is 28.5 Å². The molecule has 0 aliphatic carbocycles. The molecule has 2 aromatic carbocycles. The quantitative estimate of drug-likeness (QED) is 0.650. The van der Waals surface area contributed by atoms with Gasteiger partial charge < -0.3 is 19.1 Å². The predicted molar refractivity (Wildman–Crippen MR) is 119 cm³/mol. The number of benzene rings is 2. The van der Waals surface area contributed by atoms with Crippen molar-refractivity contribution >= 4 is 34.0 Å². The van der Waals surface area contributed by atoms with Gasteiger partial charge in [0.25, 0.3) is 11.8 Å². The van der Waals surface area contributed by atoms with Crippen molar-refractivity contribution in [2.75, 3.05) is 31.5 Å². The van der Waals surface area contributed by atoms with E-state index in [9.17, 15) is 9.59 Å². The number of carbonyl (C=O) groups is 2. The standard InChI is InChI=1S/C22H21N3O5S/c1-12-21(27)25(2)15-10-13(8-9-16(15)30-12)14-11-31-22(23-14)24-20(26)19-17(28-3)6-5-7-18(19)29-4/h5-12H,1-4H3,(H,23,24,26). The lowest BCUT2D eigenvalue weighted by molar-refractivity contribution is -0.125. The zero-order valence-electron chi connectivity index (χ0n) is 17.5. The molecular formula is C22H21N3O5S. The molecule has 1 atom stereocenters. The number of rotatable bonds is 5. The first-order chi connectivity index (χ1) is 14.9. The minimum atomic E-state index is -0.517. The van der Waals surface area contributed by atoms with Crippen LogP contribution in [0.4, 0.5) is 10.8 Å². The van der Waals surface area contributed by atoms with Gasteiger partial charge >= 0.3 is 0 Å². The number of hydrogen-bond acceptors (Lipinski definition) is 7. The average Bonchev–Trinajstić information content (AvgIpc) is 3.25. The van der Waals surface area contributed by atoms with Crippen molar-refractivity contribution in [1.29, 1.82) is 0 Å². The average molecular weight is 439 g/mol. The Kier molecular flexibility index (Phi) is 5.51. The largest absolute Gasteiger partial charge is 0.496 e. The SMILES string of the molecule is COc1cccc(OC)c1C(=O)Nc1nc(-c2ccc3c(c2)N(C)C(=O)C(C)O3)cs1. The lowest BCUT2D eigenvalue weighted by atomic mass is 10.1. The van der Waals surface area contributed by atoms with Crippen LogP contribution in [0.1, 0.15) is 17.3 Å². The summed E-state index contributed by atoms with van der Waals surface area (Å²) in [4.78, 5) is 31.2. The van der Waals surface area contributed by atoms with E-state index in [4.69, 9.17) is 14.2 Å². The number of anilines is 2. The Morgan fingerprint density at radius 3 is 2.58 bits per heavy atom. The van der Waals surface area contributed by atoms with Crippen LogP contribution in [0.3, 0.4) is 0 Å². The number of ether oxygens (including phenoxy) is 3. The summed E-state index contributed by atoms with van der Waals surface area (Å²) in [7, 11) is 4.71. The molecule has 9 heteroatoms. The summed E-state index contributed by atoms with van der Waals surface area (Å²) in [6.07, 6.45) is -0.517. The Balaban J connectivity index is 1.59. The molecule has 1 aliphatic heterocycles. The highest BCUT2D eigenvalue weighted by Gasteiger charge is 2.29. The van der Waals surface area contributed by atoms with E-state index in [1.54, 1.807) is 37.1 Å².